The first-order valence-electron chi connectivity index (χ1n) is 5.29. The van der Waals surface area contributed by atoms with Crippen LogP contribution in [0.3, 0.4) is 0 Å². The molecule has 1 fully saturated rings. The van der Waals surface area contributed by atoms with E-state index in [0.717, 1.165) is 6.42 Å². The predicted molar refractivity (Wildman–Crippen MR) is 54.4 cm³/mol. The van der Waals surface area contributed by atoms with Crippen LogP contribution in [0.15, 0.2) is 0 Å². The van der Waals surface area contributed by atoms with Gasteiger partial charge in [0.15, 0.2) is 5.78 Å². The average Bonchev–Trinajstić information content (AvgIpc) is 2.20. The maximum atomic E-state index is 11.5. The molecule has 0 unspecified atom stereocenters. The summed E-state index contributed by atoms with van der Waals surface area (Å²) in [5, 5.41) is 0. The molecular weight excluding hydrogens is 196 g/mol. The second-order valence-electron chi connectivity index (χ2n) is 4.19. The number of esters is 1. The van der Waals surface area contributed by atoms with Crippen molar-refractivity contribution < 1.29 is 19.1 Å². The van der Waals surface area contributed by atoms with Crippen LogP contribution in [0, 0.1) is 5.92 Å². The fourth-order valence-corrected chi connectivity index (χ4v) is 1.69. The third-order valence-corrected chi connectivity index (χ3v) is 2.70. The molecule has 1 rings (SSSR count). The summed E-state index contributed by atoms with van der Waals surface area (Å²) in [7, 11) is 1.32. The van der Waals surface area contributed by atoms with Crippen molar-refractivity contribution in [3.8, 4) is 0 Å². The normalized spacial score (nSPS) is 26.8. The van der Waals surface area contributed by atoms with Crippen molar-refractivity contribution in [1.29, 1.82) is 0 Å². The zero-order valence-corrected chi connectivity index (χ0v) is 9.49. The molecule has 0 aromatic rings. The van der Waals surface area contributed by atoms with Gasteiger partial charge in [0.1, 0.15) is 6.10 Å². The minimum atomic E-state index is -0.599. The number of hydrogen-bond acceptors (Lipinski definition) is 4. The van der Waals surface area contributed by atoms with Crippen LogP contribution in [-0.4, -0.2) is 31.1 Å². The summed E-state index contributed by atoms with van der Waals surface area (Å²) in [5.41, 5.74) is 0. The van der Waals surface area contributed by atoms with Crippen molar-refractivity contribution in [2.45, 2.75) is 45.3 Å². The van der Waals surface area contributed by atoms with Crippen molar-refractivity contribution in [2.75, 3.05) is 7.11 Å². The third-order valence-electron chi connectivity index (χ3n) is 2.70. The number of methoxy groups -OCH3 is 1. The van der Waals surface area contributed by atoms with E-state index in [1.54, 1.807) is 0 Å². The first-order valence-corrected chi connectivity index (χ1v) is 5.29. The van der Waals surface area contributed by atoms with Crippen molar-refractivity contribution in [1.82, 2.24) is 0 Å². The number of Topliss-reactive ketones (excluding diaryl/α,β-unsaturated/α-hetero) is 1. The first-order chi connectivity index (χ1) is 7.04. The number of carbonyl (C=O) groups is 2. The maximum Gasteiger partial charge on any atom is 0.308 e. The number of carbonyl (C=O) groups excluding carboxylic acids is 2. The summed E-state index contributed by atoms with van der Waals surface area (Å²) >= 11 is 0. The van der Waals surface area contributed by atoms with E-state index in [-0.39, 0.29) is 18.3 Å². The van der Waals surface area contributed by atoms with E-state index in [1.165, 1.54) is 7.11 Å². The Balaban J connectivity index is 2.53. The Bertz CT molecular complexity index is 247. The highest BCUT2D eigenvalue weighted by atomic mass is 16.5. The second kappa shape index (κ2) is 5.26. The van der Waals surface area contributed by atoms with Crippen LogP contribution in [0.25, 0.3) is 0 Å². The molecule has 0 aliphatic carbocycles. The molecule has 4 nitrogen and oxygen atoms in total. The van der Waals surface area contributed by atoms with Crippen LogP contribution in [-0.2, 0) is 19.1 Å². The van der Waals surface area contributed by atoms with Crippen molar-refractivity contribution >= 4 is 11.8 Å². The van der Waals surface area contributed by atoms with E-state index in [9.17, 15) is 9.59 Å². The van der Waals surface area contributed by atoms with Gasteiger partial charge < -0.3 is 9.47 Å². The molecule has 0 amide bonds. The smallest absolute Gasteiger partial charge is 0.308 e. The van der Waals surface area contributed by atoms with Crippen molar-refractivity contribution in [3.05, 3.63) is 0 Å². The van der Waals surface area contributed by atoms with E-state index in [0.29, 0.717) is 12.3 Å². The van der Waals surface area contributed by atoms with Crippen molar-refractivity contribution in [3.63, 3.8) is 0 Å². The SMILES string of the molecule is COC(=O)C[C@@H]1O[C@H](C(C)C)CCC1=O. The summed E-state index contributed by atoms with van der Waals surface area (Å²) in [4.78, 5) is 22.5. The fraction of sp³-hybridized carbons (Fsp3) is 0.818. The van der Waals surface area contributed by atoms with E-state index < -0.39 is 12.1 Å². The van der Waals surface area contributed by atoms with Gasteiger partial charge in [-0.25, -0.2) is 0 Å². The average molecular weight is 214 g/mol. The summed E-state index contributed by atoms with van der Waals surface area (Å²) < 4.78 is 10.1. The van der Waals surface area contributed by atoms with Gasteiger partial charge in [-0.05, 0) is 12.3 Å². The first kappa shape index (κ1) is 12.2. The molecule has 1 heterocycles. The minimum absolute atomic E-state index is 0.0114. The largest absolute Gasteiger partial charge is 0.469 e. The molecule has 1 aliphatic heterocycles. The lowest BCUT2D eigenvalue weighted by Gasteiger charge is -2.30. The van der Waals surface area contributed by atoms with E-state index in [1.807, 2.05) is 0 Å². The number of ketones is 1. The molecule has 86 valence electrons. The molecule has 0 bridgehead atoms. The molecule has 0 N–H and O–H groups in total. The Morgan fingerprint density at radius 3 is 2.80 bits per heavy atom. The molecule has 1 saturated heterocycles. The van der Waals surface area contributed by atoms with Gasteiger partial charge in [-0.2, -0.15) is 0 Å². The summed E-state index contributed by atoms with van der Waals surface area (Å²) in [6.07, 6.45) is 0.785. The van der Waals surface area contributed by atoms with Crippen LogP contribution in [0.4, 0.5) is 0 Å². The van der Waals surface area contributed by atoms with Gasteiger partial charge in [0, 0.05) is 6.42 Å². The van der Waals surface area contributed by atoms with Gasteiger partial charge in [0.25, 0.3) is 0 Å². The Morgan fingerprint density at radius 1 is 1.60 bits per heavy atom. The predicted octanol–water partition coefficient (Wildman–Crippen LogP) is 1.32. The maximum absolute atomic E-state index is 11.5. The topological polar surface area (TPSA) is 52.6 Å². The lowest BCUT2D eigenvalue weighted by molar-refractivity contribution is -0.157. The number of ether oxygens (including phenoxy) is 2. The van der Waals surface area contributed by atoms with E-state index in [4.69, 9.17) is 4.74 Å². The van der Waals surface area contributed by atoms with Gasteiger partial charge in [-0.1, -0.05) is 13.8 Å². The molecule has 0 radical (unpaired) electrons. The quantitative estimate of drug-likeness (QED) is 0.665. The van der Waals surface area contributed by atoms with Crippen molar-refractivity contribution in [2.24, 2.45) is 5.92 Å². The molecular formula is C11H18O4. The lowest BCUT2D eigenvalue weighted by Crippen LogP contribution is -2.39. The van der Waals surface area contributed by atoms with Crippen LogP contribution in [0.2, 0.25) is 0 Å². The molecule has 0 saturated carbocycles. The van der Waals surface area contributed by atoms with Crippen LogP contribution < -0.4 is 0 Å². The second-order valence-corrected chi connectivity index (χ2v) is 4.19. The molecule has 0 spiro atoms. The Morgan fingerprint density at radius 2 is 2.27 bits per heavy atom. The highest BCUT2D eigenvalue weighted by Gasteiger charge is 2.32. The summed E-state index contributed by atoms with van der Waals surface area (Å²) in [6, 6.07) is 0. The Labute approximate surface area is 89.9 Å². The molecule has 15 heavy (non-hydrogen) atoms. The zero-order valence-electron chi connectivity index (χ0n) is 9.49. The standard InChI is InChI=1S/C11H18O4/c1-7(2)9-5-4-8(12)10(15-9)6-11(13)14-3/h7,9-10H,4-6H2,1-3H3/t9-,10-/m0/s1. The minimum Gasteiger partial charge on any atom is -0.469 e. The van der Waals surface area contributed by atoms with Gasteiger partial charge in [-0.15, -0.1) is 0 Å². The van der Waals surface area contributed by atoms with Gasteiger partial charge in [0.2, 0.25) is 0 Å². The molecule has 2 atom stereocenters. The molecule has 0 aromatic carbocycles. The zero-order chi connectivity index (χ0) is 11.4. The van der Waals surface area contributed by atoms with E-state index >= 15 is 0 Å². The van der Waals surface area contributed by atoms with Gasteiger partial charge in [-0.3, -0.25) is 9.59 Å². The highest BCUT2D eigenvalue weighted by molar-refractivity contribution is 5.87. The lowest BCUT2D eigenvalue weighted by atomic mass is 9.94. The Kier molecular flexibility index (Phi) is 4.27. The molecule has 0 aromatic heterocycles. The number of rotatable bonds is 3. The van der Waals surface area contributed by atoms with E-state index in [2.05, 4.69) is 18.6 Å². The third kappa shape index (κ3) is 3.30. The molecule has 4 heteroatoms. The summed E-state index contributed by atoms with van der Waals surface area (Å²) in [6.45, 7) is 4.10. The monoisotopic (exact) mass is 214 g/mol. The van der Waals surface area contributed by atoms with Gasteiger partial charge in [0.05, 0.1) is 19.6 Å². The summed E-state index contributed by atoms with van der Waals surface area (Å²) in [5.74, 6) is -0.00620. The number of hydrogen-bond donors (Lipinski definition) is 0. The molecule has 1 aliphatic rings. The van der Waals surface area contributed by atoms with Crippen LogP contribution >= 0.6 is 0 Å². The van der Waals surface area contributed by atoms with Crippen LogP contribution in [0.1, 0.15) is 33.1 Å². The highest BCUT2D eigenvalue weighted by Crippen LogP contribution is 2.23. The van der Waals surface area contributed by atoms with Crippen LogP contribution in [0.5, 0.6) is 0 Å². The fourth-order valence-electron chi connectivity index (χ4n) is 1.69. The van der Waals surface area contributed by atoms with Gasteiger partial charge >= 0.3 is 5.97 Å². The Hall–Kier alpha value is -0.900.